The molecule has 0 atom stereocenters. The molecule has 0 aromatic heterocycles. The van der Waals surface area contributed by atoms with Crippen LogP contribution in [0.2, 0.25) is 0 Å². The lowest BCUT2D eigenvalue weighted by Crippen LogP contribution is -2.16. The van der Waals surface area contributed by atoms with Crippen molar-refractivity contribution in [2.24, 2.45) is 0 Å². The second-order valence-corrected chi connectivity index (χ2v) is 3.38. The van der Waals surface area contributed by atoms with Crippen LogP contribution in [0.5, 0.6) is 0 Å². The smallest absolute Gasteiger partial charge is 0.0776 e. The van der Waals surface area contributed by atoms with Crippen molar-refractivity contribution >= 4 is 15.9 Å². The highest BCUT2D eigenvalue weighted by molar-refractivity contribution is 9.10. The number of halogens is 1. The molecule has 1 aromatic rings. The van der Waals surface area contributed by atoms with Gasteiger partial charge in [0.15, 0.2) is 0 Å². The fourth-order valence-electron chi connectivity index (χ4n) is 0.938. The number of rotatable bonds is 4. The third-order valence-electron chi connectivity index (χ3n) is 1.49. The third-order valence-corrected chi connectivity index (χ3v) is 1.98. The molecule has 0 amide bonds. The van der Waals surface area contributed by atoms with E-state index >= 15 is 0 Å². The molecule has 0 aliphatic carbocycles. The van der Waals surface area contributed by atoms with Crippen LogP contribution in [0.1, 0.15) is 5.56 Å². The second kappa shape index (κ2) is 5.31. The van der Waals surface area contributed by atoms with E-state index in [4.69, 9.17) is 10.4 Å². The van der Waals surface area contributed by atoms with Gasteiger partial charge in [0, 0.05) is 4.47 Å². The minimum atomic E-state index is -0.280. The van der Waals surface area contributed by atoms with Gasteiger partial charge in [0.05, 0.1) is 12.0 Å². The zero-order chi connectivity index (χ0) is 9.68. The third kappa shape index (κ3) is 4.35. The average Bonchev–Trinajstić information content (AvgIpc) is 2.03. The van der Waals surface area contributed by atoms with Crippen molar-refractivity contribution in [1.82, 2.24) is 5.39 Å². The van der Waals surface area contributed by atoms with Gasteiger partial charge >= 0.3 is 0 Å². The fourth-order valence-corrected chi connectivity index (χ4v) is 1.38. The van der Waals surface area contributed by atoms with Crippen LogP contribution in [0.25, 0.3) is 0 Å². The Morgan fingerprint density at radius 3 is 2.77 bits per heavy atom. The van der Waals surface area contributed by atoms with Crippen LogP contribution < -0.4 is 0 Å². The molecule has 0 radical (unpaired) electrons. The summed E-state index contributed by atoms with van der Waals surface area (Å²) in [5, 5.41) is 16.2. The maximum Gasteiger partial charge on any atom is 0.0776 e. The first-order valence-electron chi connectivity index (χ1n) is 3.74. The standard InChI is InChI=1S/C8H10BrNO3/c9-8-3-1-2-7(6-8)4-5-13-10(11)12/h1-3,6,11-12H,4-5H2. The molecular formula is C8H10BrNO3. The first kappa shape index (κ1) is 10.6. The predicted molar refractivity (Wildman–Crippen MR) is 49.2 cm³/mol. The maximum atomic E-state index is 8.24. The van der Waals surface area contributed by atoms with E-state index in [0.29, 0.717) is 6.42 Å². The molecule has 0 spiro atoms. The summed E-state index contributed by atoms with van der Waals surface area (Å²) in [6.45, 7) is 0.226. The Morgan fingerprint density at radius 1 is 1.38 bits per heavy atom. The van der Waals surface area contributed by atoms with Gasteiger partial charge in [-0.25, -0.2) is 0 Å². The van der Waals surface area contributed by atoms with Crippen molar-refractivity contribution in [3.05, 3.63) is 34.3 Å². The van der Waals surface area contributed by atoms with E-state index in [2.05, 4.69) is 20.8 Å². The SMILES string of the molecule is ON(O)OCCc1cccc(Br)c1. The quantitative estimate of drug-likeness (QED) is 0.800. The normalized spacial score (nSPS) is 10.8. The molecule has 0 saturated carbocycles. The molecule has 0 fully saturated rings. The summed E-state index contributed by atoms with van der Waals surface area (Å²) in [5.41, 5.74) is 1.07. The topological polar surface area (TPSA) is 52.9 Å². The van der Waals surface area contributed by atoms with E-state index in [1.165, 1.54) is 0 Å². The Morgan fingerprint density at radius 2 is 2.15 bits per heavy atom. The van der Waals surface area contributed by atoms with Crippen LogP contribution in [0.15, 0.2) is 28.7 Å². The number of benzene rings is 1. The molecule has 0 heterocycles. The van der Waals surface area contributed by atoms with Crippen LogP contribution >= 0.6 is 15.9 Å². The van der Waals surface area contributed by atoms with Crippen LogP contribution in [0.4, 0.5) is 0 Å². The monoisotopic (exact) mass is 247 g/mol. The molecule has 5 heteroatoms. The molecule has 0 aliphatic rings. The number of hydrogen-bond donors (Lipinski definition) is 2. The highest BCUT2D eigenvalue weighted by atomic mass is 79.9. The lowest BCUT2D eigenvalue weighted by molar-refractivity contribution is -0.492. The number of hydrogen-bond acceptors (Lipinski definition) is 4. The molecule has 13 heavy (non-hydrogen) atoms. The van der Waals surface area contributed by atoms with Gasteiger partial charge in [-0.15, -0.1) is 0 Å². The van der Waals surface area contributed by atoms with Crippen LogP contribution in [-0.4, -0.2) is 22.4 Å². The van der Waals surface area contributed by atoms with Crippen molar-refractivity contribution in [3.8, 4) is 0 Å². The number of nitrogens with zero attached hydrogens (tertiary/aromatic N) is 1. The van der Waals surface area contributed by atoms with E-state index in [0.717, 1.165) is 10.0 Å². The first-order valence-corrected chi connectivity index (χ1v) is 4.53. The molecule has 0 unspecified atom stereocenters. The van der Waals surface area contributed by atoms with Gasteiger partial charge < -0.3 is 0 Å². The van der Waals surface area contributed by atoms with E-state index in [1.807, 2.05) is 24.3 Å². The van der Waals surface area contributed by atoms with Crippen molar-refractivity contribution in [3.63, 3.8) is 0 Å². The van der Waals surface area contributed by atoms with Gasteiger partial charge in [0.25, 0.3) is 0 Å². The van der Waals surface area contributed by atoms with Gasteiger partial charge in [-0.05, 0) is 24.1 Å². The Labute approximate surface area is 84.4 Å². The Balaban J connectivity index is 2.37. The fraction of sp³-hybridized carbons (Fsp3) is 0.250. The summed E-state index contributed by atoms with van der Waals surface area (Å²) in [7, 11) is 0. The Hall–Kier alpha value is -0.460. The Kier molecular flexibility index (Phi) is 4.34. The van der Waals surface area contributed by atoms with Crippen molar-refractivity contribution < 1.29 is 15.3 Å². The molecule has 0 saturated heterocycles. The van der Waals surface area contributed by atoms with E-state index < -0.39 is 0 Å². The first-order chi connectivity index (χ1) is 6.18. The molecule has 2 N–H and O–H groups in total. The van der Waals surface area contributed by atoms with Gasteiger partial charge in [0.1, 0.15) is 0 Å². The summed E-state index contributed by atoms with van der Waals surface area (Å²) < 4.78 is 0.995. The zero-order valence-corrected chi connectivity index (χ0v) is 8.44. The molecule has 0 aliphatic heterocycles. The maximum absolute atomic E-state index is 8.24. The zero-order valence-electron chi connectivity index (χ0n) is 6.85. The van der Waals surface area contributed by atoms with Gasteiger partial charge in [0.2, 0.25) is 0 Å². The molecular weight excluding hydrogens is 238 g/mol. The lowest BCUT2D eigenvalue weighted by atomic mass is 10.2. The van der Waals surface area contributed by atoms with Gasteiger partial charge in [-0.1, -0.05) is 28.1 Å². The minimum Gasteiger partial charge on any atom is -0.266 e. The summed E-state index contributed by atoms with van der Waals surface area (Å²) in [5.74, 6) is 0. The summed E-state index contributed by atoms with van der Waals surface area (Å²) in [4.78, 5) is 4.41. The van der Waals surface area contributed by atoms with Crippen LogP contribution in [0.3, 0.4) is 0 Å². The summed E-state index contributed by atoms with van der Waals surface area (Å²) in [6, 6.07) is 7.72. The molecule has 1 aromatic carbocycles. The molecule has 72 valence electrons. The molecule has 1 rings (SSSR count). The van der Waals surface area contributed by atoms with Crippen molar-refractivity contribution in [1.29, 1.82) is 0 Å². The molecule has 0 bridgehead atoms. The van der Waals surface area contributed by atoms with E-state index in [9.17, 15) is 0 Å². The highest BCUT2D eigenvalue weighted by Crippen LogP contribution is 2.11. The predicted octanol–water partition coefficient (Wildman–Crippen LogP) is 2.00. The van der Waals surface area contributed by atoms with Crippen LogP contribution in [-0.2, 0) is 11.3 Å². The average molecular weight is 248 g/mol. The highest BCUT2D eigenvalue weighted by Gasteiger charge is 1.96. The van der Waals surface area contributed by atoms with Crippen molar-refractivity contribution in [2.45, 2.75) is 6.42 Å². The van der Waals surface area contributed by atoms with Crippen molar-refractivity contribution in [2.75, 3.05) is 6.61 Å². The molecule has 4 nitrogen and oxygen atoms in total. The van der Waals surface area contributed by atoms with Gasteiger partial charge in [-0.2, -0.15) is 0 Å². The second-order valence-electron chi connectivity index (χ2n) is 2.47. The summed E-state index contributed by atoms with van der Waals surface area (Å²) in [6.07, 6.45) is 0.622. The van der Waals surface area contributed by atoms with E-state index in [-0.39, 0.29) is 12.0 Å². The minimum absolute atomic E-state index is 0.226. The Bertz CT molecular complexity index is 267. The summed E-state index contributed by atoms with van der Waals surface area (Å²) >= 11 is 3.33. The largest absolute Gasteiger partial charge is 0.266 e. The van der Waals surface area contributed by atoms with Crippen LogP contribution in [0, 0.1) is 0 Å². The lowest BCUT2D eigenvalue weighted by Gasteiger charge is -2.05. The van der Waals surface area contributed by atoms with Gasteiger partial charge in [-0.3, -0.25) is 15.3 Å². The van der Waals surface area contributed by atoms with E-state index in [1.54, 1.807) is 0 Å².